The monoisotopic (exact) mass is 433 g/mol. The van der Waals surface area contributed by atoms with Gasteiger partial charge in [-0.15, -0.1) is 0 Å². The Labute approximate surface area is 189 Å². The van der Waals surface area contributed by atoms with Gasteiger partial charge in [-0.25, -0.2) is 0 Å². The van der Waals surface area contributed by atoms with E-state index in [1.807, 2.05) is 60.7 Å². The number of nitrogens with one attached hydrogen (secondary N) is 2. The van der Waals surface area contributed by atoms with Gasteiger partial charge in [-0.3, -0.25) is 14.5 Å². The van der Waals surface area contributed by atoms with Crippen molar-refractivity contribution in [3.63, 3.8) is 0 Å². The first-order valence-electron chi connectivity index (χ1n) is 11.0. The van der Waals surface area contributed by atoms with Crippen molar-refractivity contribution < 1.29 is 14.3 Å². The minimum atomic E-state index is -0.265. The lowest BCUT2D eigenvalue weighted by molar-refractivity contribution is -0.120. The Balaban J connectivity index is 1.59. The van der Waals surface area contributed by atoms with Crippen molar-refractivity contribution in [3.05, 3.63) is 77.9 Å². The van der Waals surface area contributed by atoms with Crippen LogP contribution in [-0.4, -0.2) is 50.0 Å². The number of rotatable bonds is 10. The summed E-state index contributed by atoms with van der Waals surface area (Å²) in [5.74, 6) is 0.298. The molecule has 0 saturated heterocycles. The number of ether oxygens (including phenoxy) is 1. The Morgan fingerprint density at radius 1 is 0.906 bits per heavy atom. The zero-order valence-corrected chi connectivity index (χ0v) is 18.9. The van der Waals surface area contributed by atoms with Gasteiger partial charge in [0.25, 0.3) is 5.91 Å². The maximum absolute atomic E-state index is 12.5. The van der Waals surface area contributed by atoms with Gasteiger partial charge in [0.15, 0.2) is 0 Å². The number of likely N-dealkylation sites (N-methyl/N-ethyl adjacent to an activating group) is 1. The first kappa shape index (κ1) is 23.3. The number of nitrogens with zero attached hydrogens (tertiary/aromatic N) is 1. The normalized spacial score (nSPS) is 11.9. The van der Waals surface area contributed by atoms with E-state index < -0.39 is 0 Å². The second kappa shape index (κ2) is 11.3. The molecule has 168 valence electrons. The Kier molecular flexibility index (Phi) is 8.22. The summed E-state index contributed by atoms with van der Waals surface area (Å²) in [6.45, 7) is 6.28. The fraction of sp³-hybridized carbons (Fsp3) is 0.308. The van der Waals surface area contributed by atoms with Crippen LogP contribution in [0, 0.1) is 0 Å². The number of hydrogen-bond acceptors (Lipinski definition) is 4. The van der Waals surface area contributed by atoms with E-state index in [9.17, 15) is 9.59 Å². The highest BCUT2D eigenvalue weighted by molar-refractivity contribution is 6.00. The zero-order chi connectivity index (χ0) is 22.9. The molecule has 32 heavy (non-hydrogen) atoms. The lowest BCUT2D eigenvalue weighted by Gasteiger charge is -2.30. The summed E-state index contributed by atoms with van der Waals surface area (Å²) in [4.78, 5) is 27.3. The van der Waals surface area contributed by atoms with Crippen LogP contribution in [0.1, 0.15) is 35.8 Å². The smallest absolute Gasteiger partial charge is 0.251 e. The van der Waals surface area contributed by atoms with Gasteiger partial charge in [-0.1, -0.05) is 56.3 Å². The molecule has 0 radical (unpaired) electrons. The SMILES string of the molecule is CCN(CC)[C@@H](CNC(=O)CNC(=O)c1ccc2ccccc2c1)c1cccc(OC)c1. The van der Waals surface area contributed by atoms with E-state index in [0.717, 1.165) is 35.2 Å². The van der Waals surface area contributed by atoms with Gasteiger partial charge in [0.2, 0.25) is 5.91 Å². The number of methoxy groups -OCH3 is 1. The summed E-state index contributed by atoms with van der Waals surface area (Å²) in [6, 6.07) is 21.3. The van der Waals surface area contributed by atoms with Crippen molar-refractivity contribution in [3.8, 4) is 5.75 Å². The Hall–Kier alpha value is -3.38. The molecule has 3 rings (SSSR count). The van der Waals surface area contributed by atoms with Crippen LogP contribution in [0.5, 0.6) is 5.75 Å². The highest BCUT2D eigenvalue weighted by atomic mass is 16.5. The van der Waals surface area contributed by atoms with Crippen LogP contribution < -0.4 is 15.4 Å². The molecule has 0 aliphatic rings. The second-order valence-corrected chi connectivity index (χ2v) is 7.56. The molecule has 2 amide bonds. The molecular weight excluding hydrogens is 402 g/mol. The quantitative estimate of drug-likeness (QED) is 0.511. The van der Waals surface area contributed by atoms with Gasteiger partial charge in [0.1, 0.15) is 5.75 Å². The molecule has 0 unspecified atom stereocenters. The molecule has 1 atom stereocenters. The third-order valence-electron chi connectivity index (χ3n) is 5.65. The lowest BCUT2D eigenvalue weighted by atomic mass is 10.0. The summed E-state index contributed by atoms with van der Waals surface area (Å²) in [7, 11) is 1.64. The number of benzene rings is 3. The topological polar surface area (TPSA) is 70.7 Å². The highest BCUT2D eigenvalue weighted by Gasteiger charge is 2.19. The predicted octanol–water partition coefficient (Wildman–Crippen LogP) is 3.78. The summed E-state index contributed by atoms with van der Waals surface area (Å²) >= 11 is 0. The number of amides is 2. The molecule has 3 aromatic rings. The van der Waals surface area contributed by atoms with Crippen molar-refractivity contribution in [2.24, 2.45) is 0 Å². The van der Waals surface area contributed by atoms with E-state index in [4.69, 9.17) is 4.74 Å². The Bertz CT molecular complexity index is 1060. The van der Waals surface area contributed by atoms with Crippen molar-refractivity contribution in [1.82, 2.24) is 15.5 Å². The highest BCUT2D eigenvalue weighted by Crippen LogP contribution is 2.23. The van der Waals surface area contributed by atoms with Gasteiger partial charge in [-0.2, -0.15) is 0 Å². The summed E-state index contributed by atoms with van der Waals surface area (Å²) < 4.78 is 5.36. The molecule has 0 aliphatic carbocycles. The van der Waals surface area contributed by atoms with Crippen molar-refractivity contribution in [2.75, 3.05) is 33.3 Å². The molecule has 6 nitrogen and oxygen atoms in total. The first-order chi connectivity index (χ1) is 15.5. The molecule has 6 heteroatoms. The van der Waals surface area contributed by atoms with Crippen molar-refractivity contribution in [1.29, 1.82) is 0 Å². The molecule has 0 aliphatic heterocycles. The van der Waals surface area contributed by atoms with E-state index in [1.54, 1.807) is 13.2 Å². The largest absolute Gasteiger partial charge is 0.497 e. The van der Waals surface area contributed by atoms with Crippen LogP contribution in [0.4, 0.5) is 0 Å². The number of carbonyl (C=O) groups is 2. The van der Waals surface area contributed by atoms with E-state index in [0.29, 0.717) is 12.1 Å². The summed E-state index contributed by atoms with van der Waals surface area (Å²) in [5, 5.41) is 7.75. The first-order valence-corrected chi connectivity index (χ1v) is 11.0. The fourth-order valence-corrected chi connectivity index (χ4v) is 3.84. The molecule has 0 aromatic heterocycles. The molecule has 2 N–H and O–H groups in total. The molecule has 0 heterocycles. The van der Waals surface area contributed by atoms with Crippen LogP contribution >= 0.6 is 0 Å². The molecule has 0 saturated carbocycles. The third kappa shape index (κ3) is 5.86. The van der Waals surface area contributed by atoms with Gasteiger partial charge in [-0.05, 0) is 53.7 Å². The maximum Gasteiger partial charge on any atom is 0.251 e. The number of fused-ring (bicyclic) bond motifs is 1. The standard InChI is InChI=1S/C26H31N3O3/c1-4-29(5-2)24(21-11-8-12-23(16-21)32-3)17-27-25(30)18-28-26(31)22-14-13-19-9-6-7-10-20(19)15-22/h6-16,24H,4-5,17-18H2,1-3H3,(H,27,30)(H,28,31)/t24-/m0/s1. The Morgan fingerprint density at radius 2 is 1.66 bits per heavy atom. The van der Waals surface area contributed by atoms with E-state index in [2.05, 4.69) is 29.4 Å². The third-order valence-corrected chi connectivity index (χ3v) is 5.65. The minimum absolute atomic E-state index is 0.0141. The predicted molar refractivity (Wildman–Crippen MR) is 128 cm³/mol. The van der Waals surface area contributed by atoms with Crippen molar-refractivity contribution >= 4 is 22.6 Å². The molecule has 0 spiro atoms. The summed E-state index contributed by atoms with van der Waals surface area (Å²) in [5.41, 5.74) is 1.61. The van der Waals surface area contributed by atoms with Crippen molar-refractivity contribution in [2.45, 2.75) is 19.9 Å². The van der Waals surface area contributed by atoms with Gasteiger partial charge < -0.3 is 15.4 Å². The van der Waals surface area contributed by atoms with E-state index in [-0.39, 0.29) is 24.4 Å². The van der Waals surface area contributed by atoms with Crippen LogP contribution in [0.3, 0.4) is 0 Å². The maximum atomic E-state index is 12.5. The van der Waals surface area contributed by atoms with Crippen LogP contribution in [-0.2, 0) is 4.79 Å². The average Bonchev–Trinajstić information content (AvgIpc) is 2.84. The molecule has 0 fully saturated rings. The molecule has 3 aromatic carbocycles. The number of hydrogen-bond donors (Lipinski definition) is 2. The lowest BCUT2D eigenvalue weighted by Crippen LogP contribution is -2.42. The number of carbonyl (C=O) groups excluding carboxylic acids is 2. The van der Waals surface area contributed by atoms with Gasteiger partial charge in [0.05, 0.1) is 19.7 Å². The average molecular weight is 434 g/mol. The fourth-order valence-electron chi connectivity index (χ4n) is 3.84. The van der Waals surface area contributed by atoms with E-state index in [1.165, 1.54) is 0 Å². The summed E-state index contributed by atoms with van der Waals surface area (Å²) in [6.07, 6.45) is 0. The van der Waals surface area contributed by atoms with Crippen LogP contribution in [0.15, 0.2) is 66.7 Å². The van der Waals surface area contributed by atoms with Crippen LogP contribution in [0.2, 0.25) is 0 Å². The van der Waals surface area contributed by atoms with Gasteiger partial charge >= 0.3 is 0 Å². The van der Waals surface area contributed by atoms with Crippen LogP contribution in [0.25, 0.3) is 10.8 Å². The molecule has 0 bridgehead atoms. The zero-order valence-electron chi connectivity index (χ0n) is 18.9. The molecular formula is C26H31N3O3. The minimum Gasteiger partial charge on any atom is -0.497 e. The van der Waals surface area contributed by atoms with Gasteiger partial charge in [0, 0.05) is 12.1 Å². The van der Waals surface area contributed by atoms with E-state index >= 15 is 0 Å². The Morgan fingerprint density at radius 3 is 2.38 bits per heavy atom. The second-order valence-electron chi connectivity index (χ2n) is 7.56.